The number of nitrogens with zero attached hydrogens (tertiary/aromatic N) is 3. The van der Waals surface area contributed by atoms with Crippen LogP contribution in [-0.2, 0) is 13.1 Å². The Hall–Kier alpha value is -2.99. The molecule has 3 aromatic carbocycles. The third-order valence-corrected chi connectivity index (χ3v) is 5.50. The molecule has 0 aliphatic rings. The van der Waals surface area contributed by atoms with Gasteiger partial charge in [-0.15, -0.1) is 0 Å². The van der Waals surface area contributed by atoms with Gasteiger partial charge in [0.15, 0.2) is 0 Å². The van der Waals surface area contributed by atoms with E-state index in [1.807, 2.05) is 24.3 Å². The number of benzene rings is 3. The Bertz CT molecular complexity index is 1130. The van der Waals surface area contributed by atoms with Crippen LogP contribution in [0, 0.1) is 0 Å². The quantitative estimate of drug-likeness (QED) is 0.250. The van der Waals surface area contributed by atoms with Crippen LogP contribution < -0.4 is 10.2 Å². The van der Waals surface area contributed by atoms with Gasteiger partial charge >= 0.3 is 0 Å². The van der Waals surface area contributed by atoms with E-state index in [0.717, 1.165) is 48.6 Å². The molecule has 0 bridgehead atoms. The molecule has 5 nitrogen and oxygen atoms in total. The predicted octanol–water partition coefficient (Wildman–Crippen LogP) is 5.47. The van der Waals surface area contributed by atoms with Crippen LogP contribution in [0.15, 0.2) is 78.9 Å². The molecule has 2 N–H and O–H groups in total. The molecule has 0 atom stereocenters. The summed E-state index contributed by atoms with van der Waals surface area (Å²) >= 11 is 5.56. The fourth-order valence-corrected chi connectivity index (χ4v) is 3.87. The van der Waals surface area contributed by atoms with Gasteiger partial charge in [0.05, 0.1) is 12.1 Å². The first-order valence-corrected chi connectivity index (χ1v) is 11.3. The number of nitrogens with one attached hydrogen (secondary N) is 2. The summed E-state index contributed by atoms with van der Waals surface area (Å²) in [5, 5.41) is 4.48. The standard InChI is InChI=1S/C26H28ClN5/c1-32(18-20-12-14-22(15-13-20)21-8-3-2-4-9-21)19-25-30-24-11-6-5-10-23(24)26(31-25)28-16-7-17-29-27/h2-6,8-15,29H,7,16-19H2,1H3,(H,28,30,31). The van der Waals surface area contributed by atoms with Crippen molar-refractivity contribution in [2.45, 2.75) is 19.5 Å². The van der Waals surface area contributed by atoms with E-state index in [1.165, 1.54) is 16.7 Å². The molecule has 0 saturated heterocycles. The lowest BCUT2D eigenvalue weighted by molar-refractivity contribution is 0.311. The zero-order valence-corrected chi connectivity index (χ0v) is 19.0. The van der Waals surface area contributed by atoms with Crippen molar-refractivity contribution < 1.29 is 0 Å². The van der Waals surface area contributed by atoms with Crippen molar-refractivity contribution in [3.05, 3.63) is 90.3 Å². The van der Waals surface area contributed by atoms with Gasteiger partial charge in [-0.05, 0) is 54.1 Å². The summed E-state index contributed by atoms with van der Waals surface area (Å²) in [4.78, 5) is 14.5. The van der Waals surface area contributed by atoms with Gasteiger partial charge in [-0.3, -0.25) is 4.90 Å². The molecule has 0 unspecified atom stereocenters. The monoisotopic (exact) mass is 445 g/mol. The molecule has 4 aromatic rings. The first-order chi connectivity index (χ1) is 15.7. The van der Waals surface area contributed by atoms with Crippen molar-refractivity contribution in [3.8, 4) is 11.1 Å². The lowest BCUT2D eigenvalue weighted by Gasteiger charge is -2.17. The van der Waals surface area contributed by atoms with Crippen molar-refractivity contribution in [1.29, 1.82) is 0 Å². The molecule has 1 heterocycles. The van der Waals surface area contributed by atoms with Crippen LogP contribution >= 0.6 is 11.8 Å². The van der Waals surface area contributed by atoms with E-state index in [0.29, 0.717) is 6.54 Å². The highest BCUT2D eigenvalue weighted by Crippen LogP contribution is 2.22. The molecule has 0 spiro atoms. The molecule has 164 valence electrons. The second-order valence-corrected chi connectivity index (χ2v) is 8.17. The average Bonchev–Trinajstić information content (AvgIpc) is 2.83. The van der Waals surface area contributed by atoms with E-state index < -0.39 is 0 Å². The van der Waals surface area contributed by atoms with Crippen LogP contribution in [0.2, 0.25) is 0 Å². The molecule has 1 aromatic heterocycles. The van der Waals surface area contributed by atoms with E-state index in [9.17, 15) is 0 Å². The molecule has 0 aliphatic carbocycles. The average molecular weight is 446 g/mol. The summed E-state index contributed by atoms with van der Waals surface area (Å²) in [6.45, 7) is 3.04. The van der Waals surface area contributed by atoms with E-state index in [1.54, 1.807) is 0 Å². The van der Waals surface area contributed by atoms with E-state index in [-0.39, 0.29) is 0 Å². The van der Waals surface area contributed by atoms with E-state index in [4.69, 9.17) is 21.7 Å². The van der Waals surface area contributed by atoms with Crippen LogP contribution in [0.4, 0.5) is 5.82 Å². The molecule has 0 saturated carbocycles. The van der Waals surface area contributed by atoms with E-state index in [2.05, 4.69) is 76.7 Å². The zero-order chi connectivity index (χ0) is 22.2. The highest BCUT2D eigenvalue weighted by Gasteiger charge is 2.10. The predicted molar refractivity (Wildman–Crippen MR) is 134 cm³/mol. The van der Waals surface area contributed by atoms with Crippen molar-refractivity contribution in [2.75, 3.05) is 25.5 Å². The minimum Gasteiger partial charge on any atom is -0.369 e. The van der Waals surface area contributed by atoms with Gasteiger partial charge in [-0.25, -0.2) is 14.8 Å². The fourth-order valence-electron chi connectivity index (χ4n) is 3.73. The van der Waals surface area contributed by atoms with Crippen LogP contribution in [0.1, 0.15) is 17.8 Å². The molecule has 0 aliphatic heterocycles. The maximum Gasteiger partial charge on any atom is 0.145 e. The second kappa shape index (κ2) is 11.0. The van der Waals surface area contributed by atoms with Gasteiger partial charge in [0.2, 0.25) is 0 Å². The minimum atomic E-state index is 0.670. The maximum atomic E-state index is 5.56. The number of fused-ring (bicyclic) bond motifs is 1. The smallest absolute Gasteiger partial charge is 0.145 e. The van der Waals surface area contributed by atoms with Crippen LogP contribution in [0.5, 0.6) is 0 Å². The number of hydrogen-bond acceptors (Lipinski definition) is 5. The number of aromatic nitrogens is 2. The lowest BCUT2D eigenvalue weighted by Crippen LogP contribution is -2.19. The van der Waals surface area contributed by atoms with Gasteiger partial charge in [-0.1, -0.05) is 66.7 Å². The molecule has 0 amide bonds. The first kappa shape index (κ1) is 22.2. The highest BCUT2D eigenvalue weighted by atomic mass is 35.5. The number of halogens is 1. The fraction of sp³-hybridized carbons (Fsp3) is 0.231. The van der Waals surface area contributed by atoms with Crippen LogP contribution in [0.25, 0.3) is 22.0 Å². The molecule has 32 heavy (non-hydrogen) atoms. The third kappa shape index (κ3) is 5.82. The molecular weight excluding hydrogens is 418 g/mol. The maximum absolute atomic E-state index is 5.56. The van der Waals surface area contributed by atoms with Crippen LogP contribution in [0.3, 0.4) is 0 Å². The Kier molecular flexibility index (Phi) is 7.67. The Morgan fingerprint density at radius 3 is 2.28 bits per heavy atom. The lowest BCUT2D eigenvalue weighted by atomic mass is 10.0. The Morgan fingerprint density at radius 1 is 0.781 bits per heavy atom. The third-order valence-electron chi connectivity index (χ3n) is 5.31. The second-order valence-electron chi connectivity index (χ2n) is 7.90. The summed E-state index contributed by atoms with van der Waals surface area (Å²) in [6, 6.07) is 27.3. The summed E-state index contributed by atoms with van der Waals surface area (Å²) < 4.78 is 0. The molecule has 0 fully saturated rings. The van der Waals surface area contributed by atoms with Gasteiger partial charge in [0, 0.05) is 25.0 Å². The Balaban J connectivity index is 1.44. The molecular formula is C26H28ClN5. The van der Waals surface area contributed by atoms with Gasteiger partial charge in [0.25, 0.3) is 0 Å². The van der Waals surface area contributed by atoms with E-state index >= 15 is 0 Å². The van der Waals surface area contributed by atoms with Gasteiger partial charge < -0.3 is 5.32 Å². The number of rotatable bonds is 10. The Labute approximate surface area is 194 Å². The summed E-state index contributed by atoms with van der Waals surface area (Å²) in [7, 11) is 2.10. The van der Waals surface area contributed by atoms with Gasteiger partial charge in [0.1, 0.15) is 11.6 Å². The number of para-hydroxylation sites is 1. The summed E-state index contributed by atoms with van der Waals surface area (Å²) in [6.07, 6.45) is 0.913. The minimum absolute atomic E-state index is 0.670. The first-order valence-electron chi connectivity index (χ1n) is 10.9. The highest BCUT2D eigenvalue weighted by molar-refractivity contribution is 6.13. The topological polar surface area (TPSA) is 53.1 Å². The molecule has 4 rings (SSSR count). The SMILES string of the molecule is CN(Cc1ccc(-c2ccccc2)cc1)Cc1nc(NCCCNCl)c2ccccc2n1. The largest absolute Gasteiger partial charge is 0.369 e. The van der Waals surface area contributed by atoms with Gasteiger partial charge in [-0.2, -0.15) is 0 Å². The Morgan fingerprint density at radius 2 is 1.50 bits per heavy atom. The van der Waals surface area contributed by atoms with Crippen molar-refractivity contribution >= 4 is 28.5 Å². The number of hydrogen-bond donors (Lipinski definition) is 2. The van der Waals surface area contributed by atoms with Crippen molar-refractivity contribution in [2.24, 2.45) is 0 Å². The zero-order valence-electron chi connectivity index (χ0n) is 18.3. The molecule has 0 radical (unpaired) electrons. The normalized spacial score (nSPS) is 11.2. The summed E-state index contributed by atoms with van der Waals surface area (Å²) in [5.41, 5.74) is 4.68. The van der Waals surface area contributed by atoms with Crippen molar-refractivity contribution in [1.82, 2.24) is 19.7 Å². The summed E-state index contributed by atoms with van der Waals surface area (Å²) in [5.74, 6) is 1.69. The molecule has 6 heteroatoms. The van der Waals surface area contributed by atoms with Crippen molar-refractivity contribution in [3.63, 3.8) is 0 Å². The van der Waals surface area contributed by atoms with Crippen LogP contribution in [-0.4, -0.2) is 35.0 Å². The number of anilines is 1.